The summed E-state index contributed by atoms with van der Waals surface area (Å²) in [6.07, 6.45) is 28.0. The van der Waals surface area contributed by atoms with Gasteiger partial charge in [0.15, 0.2) is 0 Å². The summed E-state index contributed by atoms with van der Waals surface area (Å²) in [5.74, 6) is 0. The van der Waals surface area contributed by atoms with Gasteiger partial charge in [-0.05, 0) is 79.6 Å². The third-order valence-electron chi connectivity index (χ3n) is 12.9. The van der Waals surface area contributed by atoms with Gasteiger partial charge in [-0.15, -0.1) is 0 Å². The van der Waals surface area contributed by atoms with E-state index in [1.165, 1.54) is 66.8 Å². The fourth-order valence-corrected chi connectivity index (χ4v) is 9.21. The van der Waals surface area contributed by atoms with Crippen molar-refractivity contribution in [1.82, 2.24) is 18.3 Å². The van der Waals surface area contributed by atoms with Crippen LogP contribution >= 0.6 is 0 Å². The van der Waals surface area contributed by atoms with Crippen LogP contribution in [0, 0.1) is 0 Å². The third-order valence-corrected chi connectivity index (χ3v) is 12.9. The number of nitrogens with zero attached hydrogens (tertiary/aromatic N) is 8. The second-order valence-electron chi connectivity index (χ2n) is 18.3. The highest BCUT2D eigenvalue weighted by Crippen LogP contribution is 2.16. The zero-order valence-electron chi connectivity index (χ0n) is 37.4. The first-order valence-electron chi connectivity index (χ1n) is 23.2. The van der Waals surface area contributed by atoms with Crippen molar-refractivity contribution in [2.24, 2.45) is 0 Å². The van der Waals surface area contributed by atoms with Gasteiger partial charge >= 0.3 is 0 Å². The van der Waals surface area contributed by atoms with Gasteiger partial charge in [-0.25, -0.2) is 36.5 Å². The molecule has 20 heterocycles. The predicted octanol–water partition coefficient (Wildman–Crippen LogP) is 7.92. The molecule has 0 spiro atoms. The van der Waals surface area contributed by atoms with Crippen molar-refractivity contribution in [1.29, 1.82) is 0 Å². The summed E-state index contributed by atoms with van der Waals surface area (Å²) in [4.78, 5) is 0. The molecular weight excluding hydrogens is 809 g/mol. The highest BCUT2D eigenvalue weighted by molar-refractivity contribution is 5.32. The summed E-state index contributed by atoms with van der Waals surface area (Å²) in [5, 5.41) is 0. The smallest absolute Gasteiger partial charge is 0.233 e. The molecule has 6 aromatic carbocycles. The Morgan fingerprint density at radius 2 is 0.409 bits per heavy atom. The Morgan fingerprint density at radius 3 is 0.621 bits per heavy atom. The molecule has 16 aliphatic rings. The van der Waals surface area contributed by atoms with Crippen LogP contribution in [0.4, 0.5) is 0 Å². The molecule has 16 aliphatic heterocycles. The van der Waals surface area contributed by atoms with Gasteiger partial charge in [0.2, 0.25) is 25.3 Å². The lowest BCUT2D eigenvalue weighted by Gasteiger charge is -2.05. The van der Waals surface area contributed by atoms with Gasteiger partial charge in [-0.3, -0.25) is 0 Å². The molecule has 66 heavy (non-hydrogen) atoms. The first kappa shape index (κ1) is 40.9. The van der Waals surface area contributed by atoms with Crippen LogP contribution in [0.5, 0.6) is 0 Å². The van der Waals surface area contributed by atoms with Crippen LogP contribution in [0.25, 0.3) is 0 Å². The molecule has 8 heteroatoms. The Kier molecular flexibility index (Phi) is 11.6. The average Bonchev–Trinajstić information content (AvgIpc) is 4.18. The average molecular weight is 865 g/mol. The SMILES string of the molecule is c1cc2ccc1Cc1ccc(cc1)C[n+]1ccn(c1)Cc1ccc(cc1)Cn1cc[n+](c1)Cc1ccc(cc1)Cc1ccc(cc1)C[n+]1ccn(c1)Cc1ccc(cc1)Cn1cc[n+](c1)C2. The van der Waals surface area contributed by atoms with Gasteiger partial charge in [-0.1, -0.05) is 146 Å². The van der Waals surface area contributed by atoms with Crippen LogP contribution in [0.2, 0.25) is 0 Å². The van der Waals surface area contributed by atoms with Gasteiger partial charge in [0.25, 0.3) is 0 Å². The molecule has 0 fully saturated rings. The van der Waals surface area contributed by atoms with E-state index in [4.69, 9.17) is 0 Å². The molecule has 20 bridgehead atoms. The first-order valence-corrected chi connectivity index (χ1v) is 23.2. The molecule has 4 aromatic heterocycles. The Labute approximate surface area is 387 Å². The maximum Gasteiger partial charge on any atom is 0.244 e. The van der Waals surface area contributed by atoms with Crippen LogP contribution in [0.3, 0.4) is 0 Å². The lowest BCUT2D eigenvalue weighted by molar-refractivity contribution is -0.688. The maximum atomic E-state index is 2.28. The summed E-state index contributed by atoms with van der Waals surface area (Å²) in [7, 11) is 0. The van der Waals surface area contributed by atoms with Crippen molar-refractivity contribution in [3.8, 4) is 0 Å². The quantitative estimate of drug-likeness (QED) is 0.139. The van der Waals surface area contributed by atoms with Crippen molar-refractivity contribution in [2.75, 3.05) is 0 Å². The number of imidazole rings is 4. The van der Waals surface area contributed by atoms with E-state index in [0.29, 0.717) is 0 Å². The van der Waals surface area contributed by atoms with E-state index < -0.39 is 0 Å². The summed E-state index contributed by atoms with van der Waals surface area (Å²) in [5.41, 5.74) is 15.7. The molecule has 26 rings (SSSR count). The number of aromatic nitrogens is 8. The van der Waals surface area contributed by atoms with Gasteiger partial charge in [0.1, 0.15) is 102 Å². The van der Waals surface area contributed by atoms with Gasteiger partial charge in [-0.2, -0.15) is 0 Å². The van der Waals surface area contributed by atoms with Gasteiger partial charge in [0.05, 0.1) is 0 Å². The molecule has 0 amide bonds. The standard InChI is InChI=1S/C58H56N8/c1-9-51-10-2-47(1)33-48-3-11-52(12-4-48)36-60-26-30-64(44-60)40-57-21-23-58(24-22-57)42-66-32-28-62(46-66)38-54-15-7-50(8-16-54)34-49-5-13-53(14-6-49)37-61-27-31-65(45-61)41-56-19-17-55(18-20-56)39-63-29-25-59(35-51)43-63/h1-32,43-46H,33-42H2/q+4. The molecule has 0 radical (unpaired) electrons. The highest BCUT2D eigenvalue weighted by atomic mass is 15.1. The van der Waals surface area contributed by atoms with E-state index in [1.54, 1.807) is 0 Å². The minimum atomic E-state index is 0.842. The topological polar surface area (TPSA) is 35.2 Å². The normalized spacial score (nSPS) is 13.5. The zero-order valence-corrected chi connectivity index (χ0v) is 37.4. The number of hydrogen-bond donors (Lipinski definition) is 0. The molecule has 0 aliphatic carbocycles. The van der Waals surface area contributed by atoms with Crippen LogP contribution in [0.15, 0.2) is 220 Å². The molecule has 10 aromatic rings. The van der Waals surface area contributed by atoms with Crippen molar-refractivity contribution >= 4 is 0 Å². The molecule has 0 saturated carbocycles. The van der Waals surface area contributed by atoms with E-state index in [1.807, 2.05) is 0 Å². The van der Waals surface area contributed by atoms with E-state index in [0.717, 1.165) is 65.2 Å². The first-order chi connectivity index (χ1) is 32.5. The second kappa shape index (κ2) is 18.7. The minimum Gasteiger partial charge on any atom is -0.233 e. The summed E-state index contributed by atoms with van der Waals surface area (Å²) in [6, 6.07) is 54.4. The van der Waals surface area contributed by atoms with E-state index in [-0.39, 0.29) is 0 Å². The minimum absolute atomic E-state index is 0.842. The van der Waals surface area contributed by atoms with Crippen LogP contribution in [-0.2, 0) is 65.2 Å². The molecule has 0 unspecified atom stereocenters. The Balaban J connectivity index is 0.774. The lowest BCUT2D eigenvalue weighted by Crippen LogP contribution is -2.31. The second-order valence-corrected chi connectivity index (χ2v) is 18.3. The number of rotatable bonds is 0. The molecule has 8 nitrogen and oxygen atoms in total. The monoisotopic (exact) mass is 864 g/mol. The van der Waals surface area contributed by atoms with E-state index in [2.05, 4.69) is 257 Å². The zero-order chi connectivity index (χ0) is 44.1. The van der Waals surface area contributed by atoms with Crippen molar-refractivity contribution in [3.63, 3.8) is 0 Å². The molecule has 0 N–H and O–H groups in total. The van der Waals surface area contributed by atoms with Crippen LogP contribution in [-0.4, -0.2) is 18.3 Å². The van der Waals surface area contributed by atoms with Gasteiger partial charge < -0.3 is 0 Å². The van der Waals surface area contributed by atoms with Crippen molar-refractivity contribution < 1.29 is 18.3 Å². The largest absolute Gasteiger partial charge is 0.244 e. The van der Waals surface area contributed by atoms with E-state index >= 15 is 0 Å². The fraction of sp³-hybridized carbons (Fsp3) is 0.172. The Hall–Kier alpha value is -7.84. The molecular formula is C58H56N8+4. The maximum absolute atomic E-state index is 2.28. The lowest BCUT2D eigenvalue weighted by atomic mass is 10.0. The summed E-state index contributed by atoms with van der Waals surface area (Å²) < 4.78 is 18.1. The van der Waals surface area contributed by atoms with Crippen molar-refractivity contribution in [2.45, 2.75) is 65.2 Å². The summed E-state index contributed by atoms with van der Waals surface area (Å²) >= 11 is 0. The third kappa shape index (κ3) is 10.4. The van der Waals surface area contributed by atoms with E-state index in [9.17, 15) is 0 Å². The molecule has 0 saturated heterocycles. The van der Waals surface area contributed by atoms with Crippen LogP contribution in [0.1, 0.15) is 66.8 Å². The van der Waals surface area contributed by atoms with Crippen LogP contribution < -0.4 is 18.3 Å². The summed E-state index contributed by atoms with van der Waals surface area (Å²) in [6.45, 7) is 6.75. The molecule has 0 atom stereocenters. The van der Waals surface area contributed by atoms with Gasteiger partial charge in [0, 0.05) is 0 Å². The Bertz CT molecular complexity index is 2720. The fourth-order valence-electron chi connectivity index (χ4n) is 9.21. The number of hydrogen-bond acceptors (Lipinski definition) is 0. The highest BCUT2D eigenvalue weighted by Gasteiger charge is 2.12. The predicted molar refractivity (Wildman–Crippen MR) is 256 cm³/mol. The number of benzene rings is 6. The van der Waals surface area contributed by atoms with Crippen molar-refractivity contribution in [3.05, 3.63) is 287 Å². The molecule has 324 valence electrons. The Morgan fingerprint density at radius 1 is 0.227 bits per heavy atom.